The Hall–Kier alpha value is -2.67. The Balaban J connectivity index is 1.47. The topological polar surface area (TPSA) is 60.2 Å². The van der Waals surface area contributed by atoms with Crippen LogP contribution in [0.5, 0.6) is 5.75 Å². The lowest BCUT2D eigenvalue weighted by atomic mass is 10.1. The second kappa shape index (κ2) is 7.29. The number of piperidine rings is 1. The van der Waals surface area contributed by atoms with Gasteiger partial charge in [0.1, 0.15) is 23.2 Å². The number of thiophene rings is 1. The average molecular weight is 368 g/mol. The summed E-state index contributed by atoms with van der Waals surface area (Å²) in [6.07, 6.45) is 5.29. The van der Waals surface area contributed by atoms with Gasteiger partial charge in [0.25, 0.3) is 5.91 Å². The number of carbonyl (C=O) groups is 1. The molecule has 0 spiro atoms. The molecule has 4 rings (SSSR count). The van der Waals surface area contributed by atoms with Crippen molar-refractivity contribution in [1.82, 2.24) is 19.7 Å². The van der Waals surface area contributed by atoms with Gasteiger partial charge in [0.15, 0.2) is 0 Å². The minimum Gasteiger partial charge on any atom is -0.488 e. The van der Waals surface area contributed by atoms with Crippen molar-refractivity contribution in [3.8, 4) is 16.3 Å². The molecule has 1 fully saturated rings. The number of hydrogen-bond donors (Lipinski definition) is 0. The first kappa shape index (κ1) is 16.8. The van der Waals surface area contributed by atoms with Crippen molar-refractivity contribution in [2.45, 2.75) is 18.9 Å². The highest BCUT2D eigenvalue weighted by Crippen LogP contribution is 2.25. The molecular formula is C19H20N4O2S. The lowest BCUT2D eigenvalue weighted by Crippen LogP contribution is -2.44. The van der Waals surface area contributed by atoms with Crippen molar-refractivity contribution in [3.05, 3.63) is 53.8 Å². The van der Waals surface area contributed by atoms with Crippen LogP contribution in [0.2, 0.25) is 0 Å². The van der Waals surface area contributed by atoms with Gasteiger partial charge in [-0.3, -0.25) is 14.5 Å². The first-order valence-corrected chi connectivity index (χ1v) is 9.52. The Morgan fingerprint density at radius 3 is 2.92 bits per heavy atom. The predicted octanol–water partition coefficient (Wildman–Crippen LogP) is 3.23. The molecular weight excluding hydrogens is 348 g/mol. The average Bonchev–Trinajstić information content (AvgIpc) is 3.32. The lowest BCUT2D eigenvalue weighted by molar-refractivity contribution is 0.0528. The van der Waals surface area contributed by atoms with Gasteiger partial charge in [-0.1, -0.05) is 6.07 Å². The van der Waals surface area contributed by atoms with Crippen LogP contribution >= 0.6 is 11.3 Å². The van der Waals surface area contributed by atoms with Crippen molar-refractivity contribution >= 4 is 17.2 Å². The van der Waals surface area contributed by atoms with Crippen molar-refractivity contribution in [1.29, 1.82) is 0 Å². The predicted molar refractivity (Wildman–Crippen MR) is 100 cm³/mol. The van der Waals surface area contributed by atoms with Crippen LogP contribution in [-0.4, -0.2) is 44.8 Å². The molecule has 3 aromatic heterocycles. The van der Waals surface area contributed by atoms with E-state index in [9.17, 15) is 4.79 Å². The van der Waals surface area contributed by atoms with Crippen LogP contribution in [0.4, 0.5) is 0 Å². The zero-order valence-electron chi connectivity index (χ0n) is 14.5. The Kier molecular flexibility index (Phi) is 4.71. The summed E-state index contributed by atoms with van der Waals surface area (Å²) in [5, 5.41) is 6.51. The molecule has 4 heterocycles. The minimum atomic E-state index is 0.0000870. The number of likely N-dealkylation sites (tertiary alicyclic amines) is 1. The van der Waals surface area contributed by atoms with Crippen LogP contribution in [0.25, 0.3) is 10.6 Å². The third kappa shape index (κ3) is 3.48. The van der Waals surface area contributed by atoms with Gasteiger partial charge in [0, 0.05) is 26.0 Å². The highest BCUT2D eigenvalue weighted by atomic mass is 32.1. The summed E-state index contributed by atoms with van der Waals surface area (Å²) in [6.45, 7) is 1.33. The summed E-state index contributed by atoms with van der Waals surface area (Å²) in [6, 6.07) is 9.56. The first-order valence-electron chi connectivity index (χ1n) is 8.64. The summed E-state index contributed by atoms with van der Waals surface area (Å²) in [5.74, 6) is 0.797. The Morgan fingerprint density at radius 2 is 2.15 bits per heavy atom. The molecule has 1 unspecified atom stereocenters. The Morgan fingerprint density at radius 1 is 1.31 bits per heavy atom. The van der Waals surface area contributed by atoms with Gasteiger partial charge in [0.2, 0.25) is 0 Å². The van der Waals surface area contributed by atoms with E-state index in [0.717, 1.165) is 35.7 Å². The number of amides is 1. The van der Waals surface area contributed by atoms with E-state index in [-0.39, 0.29) is 12.0 Å². The molecule has 0 N–H and O–H groups in total. The van der Waals surface area contributed by atoms with Gasteiger partial charge in [-0.2, -0.15) is 5.10 Å². The number of ether oxygens (including phenoxy) is 1. The molecule has 1 atom stereocenters. The third-order valence-corrected chi connectivity index (χ3v) is 5.38. The van der Waals surface area contributed by atoms with Gasteiger partial charge in [-0.05, 0) is 42.5 Å². The van der Waals surface area contributed by atoms with Crippen LogP contribution in [0.1, 0.15) is 23.3 Å². The standard InChI is InChI=1S/C19H20N4O2S/c1-22-17(12-16(21-22)18-5-3-11-26-18)19(24)23-10-2-4-15(13-23)25-14-6-8-20-9-7-14/h3,5-9,11-12,15H,2,4,10,13H2,1H3. The van der Waals surface area contributed by atoms with Crippen LogP contribution in [0, 0.1) is 0 Å². The summed E-state index contributed by atoms with van der Waals surface area (Å²) >= 11 is 1.62. The van der Waals surface area contributed by atoms with E-state index in [2.05, 4.69) is 10.1 Å². The highest BCUT2D eigenvalue weighted by Gasteiger charge is 2.27. The number of hydrogen-bond acceptors (Lipinski definition) is 5. The molecule has 134 valence electrons. The van der Waals surface area contributed by atoms with Gasteiger partial charge < -0.3 is 9.64 Å². The summed E-state index contributed by atoms with van der Waals surface area (Å²) in [4.78, 5) is 19.9. The zero-order chi connectivity index (χ0) is 17.9. The quantitative estimate of drug-likeness (QED) is 0.709. The molecule has 1 amide bonds. The SMILES string of the molecule is Cn1nc(-c2cccs2)cc1C(=O)N1CCCC(Oc2ccncc2)C1. The number of aromatic nitrogens is 3. The fraction of sp³-hybridized carbons (Fsp3) is 0.316. The molecule has 1 saturated heterocycles. The summed E-state index contributed by atoms with van der Waals surface area (Å²) in [7, 11) is 1.82. The van der Waals surface area contributed by atoms with Crippen LogP contribution in [0.15, 0.2) is 48.1 Å². The molecule has 7 heteroatoms. The van der Waals surface area contributed by atoms with E-state index in [4.69, 9.17) is 4.74 Å². The fourth-order valence-electron chi connectivity index (χ4n) is 3.20. The number of pyridine rings is 1. The third-order valence-electron chi connectivity index (χ3n) is 4.49. The summed E-state index contributed by atoms with van der Waals surface area (Å²) in [5.41, 5.74) is 1.45. The first-order chi connectivity index (χ1) is 12.7. The number of carbonyl (C=O) groups excluding carboxylic acids is 1. The molecule has 1 aliphatic heterocycles. The highest BCUT2D eigenvalue weighted by molar-refractivity contribution is 7.13. The maximum Gasteiger partial charge on any atom is 0.272 e. The van der Waals surface area contributed by atoms with Gasteiger partial charge in [-0.25, -0.2) is 0 Å². The van der Waals surface area contributed by atoms with Crippen LogP contribution < -0.4 is 4.74 Å². The number of aryl methyl sites for hydroxylation is 1. The van der Waals surface area contributed by atoms with Gasteiger partial charge in [-0.15, -0.1) is 11.3 Å². The fourth-order valence-corrected chi connectivity index (χ4v) is 3.88. The van der Waals surface area contributed by atoms with Crippen molar-refractivity contribution < 1.29 is 9.53 Å². The molecule has 0 aliphatic carbocycles. The normalized spacial score (nSPS) is 17.3. The second-order valence-corrected chi connectivity index (χ2v) is 7.28. The molecule has 0 bridgehead atoms. The molecule has 6 nitrogen and oxygen atoms in total. The molecule has 1 aliphatic rings. The van der Waals surface area contributed by atoms with E-state index < -0.39 is 0 Å². The van der Waals surface area contributed by atoms with E-state index in [1.807, 2.05) is 47.7 Å². The molecule has 0 aromatic carbocycles. The van der Waals surface area contributed by atoms with E-state index in [1.165, 1.54) is 0 Å². The van der Waals surface area contributed by atoms with Gasteiger partial charge >= 0.3 is 0 Å². The number of nitrogens with zero attached hydrogens (tertiary/aromatic N) is 4. The Bertz CT molecular complexity index is 876. The van der Waals surface area contributed by atoms with Crippen LogP contribution in [-0.2, 0) is 7.05 Å². The van der Waals surface area contributed by atoms with Crippen molar-refractivity contribution in [2.75, 3.05) is 13.1 Å². The van der Waals surface area contributed by atoms with E-state index in [1.54, 1.807) is 28.4 Å². The maximum absolute atomic E-state index is 13.0. The zero-order valence-corrected chi connectivity index (χ0v) is 15.4. The minimum absolute atomic E-state index is 0.0000870. The second-order valence-electron chi connectivity index (χ2n) is 6.33. The van der Waals surface area contributed by atoms with Crippen molar-refractivity contribution in [3.63, 3.8) is 0 Å². The summed E-state index contributed by atoms with van der Waals surface area (Å²) < 4.78 is 7.68. The monoisotopic (exact) mass is 368 g/mol. The molecule has 26 heavy (non-hydrogen) atoms. The maximum atomic E-state index is 13.0. The molecule has 3 aromatic rings. The number of rotatable bonds is 4. The van der Waals surface area contributed by atoms with E-state index >= 15 is 0 Å². The Labute approximate surface area is 156 Å². The largest absolute Gasteiger partial charge is 0.488 e. The van der Waals surface area contributed by atoms with Gasteiger partial charge in [0.05, 0.1) is 11.4 Å². The molecule has 0 radical (unpaired) electrons. The van der Waals surface area contributed by atoms with E-state index in [0.29, 0.717) is 12.2 Å². The molecule has 0 saturated carbocycles. The lowest BCUT2D eigenvalue weighted by Gasteiger charge is -2.32. The van der Waals surface area contributed by atoms with Crippen LogP contribution in [0.3, 0.4) is 0 Å². The van der Waals surface area contributed by atoms with Crippen molar-refractivity contribution in [2.24, 2.45) is 7.05 Å². The smallest absolute Gasteiger partial charge is 0.272 e.